The Morgan fingerprint density at radius 2 is 2.13 bits per heavy atom. The van der Waals surface area contributed by atoms with Gasteiger partial charge in [-0.25, -0.2) is 14.6 Å². The average Bonchev–Trinajstić information content (AvgIpc) is 3.23. The van der Waals surface area contributed by atoms with Crippen LogP contribution in [0.15, 0.2) is 49.2 Å². The topological polar surface area (TPSA) is 79.6 Å². The smallest absolute Gasteiger partial charge is 0.141 e. The summed E-state index contributed by atoms with van der Waals surface area (Å²) in [5.41, 5.74) is 5.53. The van der Waals surface area contributed by atoms with Crippen LogP contribution in [0.25, 0.3) is 28.0 Å². The highest BCUT2D eigenvalue weighted by molar-refractivity contribution is 5.90. The third-order valence-electron chi connectivity index (χ3n) is 3.90. The second-order valence-electron chi connectivity index (χ2n) is 5.41. The van der Waals surface area contributed by atoms with Crippen LogP contribution >= 0.6 is 0 Å². The molecule has 0 aliphatic carbocycles. The van der Waals surface area contributed by atoms with Gasteiger partial charge in [0.05, 0.1) is 24.2 Å². The van der Waals surface area contributed by atoms with Crippen LogP contribution in [-0.2, 0) is 6.61 Å². The molecule has 114 valence electrons. The maximum absolute atomic E-state index is 9.22. The second kappa shape index (κ2) is 5.33. The van der Waals surface area contributed by atoms with Crippen LogP contribution < -0.4 is 0 Å². The van der Waals surface area contributed by atoms with Gasteiger partial charge in [-0.15, -0.1) is 0 Å². The quantitative estimate of drug-likeness (QED) is 0.610. The first-order chi connectivity index (χ1) is 11.3. The fourth-order valence-corrected chi connectivity index (χ4v) is 2.75. The van der Waals surface area contributed by atoms with Gasteiger partial charge in [-0.2, -0.15) is 5.10 Å². The highest BCUT2D eigenvalue weighted by Crippen LogP contribution is 2.25. The molecule has 4 aromatic rings. The second-order valence-corrected chi connectivity index (χ2v) is 5.41. The lowest BCUT2D eigenvalue weighted by molar-refractivity contribution is 0.282. The predicted molar refractivity (Wildman–Crippen MR) is 87.1 cm³/mol. The number of aliphatic hydroxyl groups excluding tert-OH is 1. The Labute approximate surface area is 132 Å². The summed E-state index contributed by atoms with van der Waals surface area (Å²) in [6.07, 6.45) is 7.15. The molecule has 0 spiro atoms. The highest BCUT2D eigenvalue weighted by atomic mass is 16.3. The minimum Gasteiger partial charge on any atom is -0.392 e. The van der Waals surface area contributed by atoms with E-state index in [1.807, 2.05) is 48.3 Å². The van der Waals surface area contributed by atoms with Gasteiger partial charge < -0.3 is 10.1 Å². The summed E-state index contributed by atoms with van der Waals surface area (Å²) in [6, 6.07) is 7.79. The van der Waals surface area contributed by atoms with Crippen LogP contribution in [0.2, 0.25) is 0 Å². The van der Waals surface area contributed by atoms with Gasteiger partial charge in [-0.3, -0.25) is 0 Å². The normalized spacial score (nSPS) is 11.2. The van der Waals surface area contributed by atoms with Gasteiger partial charge in [-0.1, -0.05) is 12.1 Å². The third-order valence-corrected chi connectivity index (χ3v) is 3.90. The van der Waals surface area contributed by atoms with E-state index in [1.54, 1.807) is 12.5 Å². The maximum Gasteiger partial charge on any atom is 0.141 e. The van der Waals surface area contributed by atoms with Crippen molar-refractivity contribution in [2.24, 2.45) is 0 Å². The summed E-state index contributed by atoms with van der Waals surface area (Å²) in [6.45, 7) is 2.04. The molecule has 0 fully saturated rings. The molecule has 0 bridgehead atoms. The van der Waals surface area contributed by atoms with Crippen molar-refractivity contribution in [1.82, 2.24) is 24.7 Å². The van der Waals surface area contributed by atoms with Crippen molar-refractivity contribution < 1.29 is 5.11 Å². The molecule has 1 aromatic carbocycles. The molecule has 2 N–H and O–H groups in total. The third kappa shape index (κ3) is 2.29. The molecule has 6 heteroatoms. The molecular formula is C17H15N5O. The Bertz CT molecular complexity index is 985. The van der Waals surface area contributed by atoms with Crippen molar-refractivity contribution in [1.29, 1.82) is 0 Å². The molecule has 3 aromatic heterocycles. The van der Waals surface area contributed by atoms with Gasteiger partial charge >= 0.3 is 0 Å². The van der Waals surface area contributed by atoms with E-state index in [9.17, 15) is 5.11 Å². The fourth-order valence-electron chi connectivity index (χ4n) is 2.75. The molecule has 0 atom stereocenters. The fraction of sp³-hybridized carbons (Fsp3) is 0.118. The zero-order valence-corrected chi connectivity index (χ0v) is 12.6. The minimum absolute atomic E-state index is 0.0396. The standard InChI is InChI=1S/C17H15N5O/c1-11-6-12(9-23)2-3-15(11)22-8-13(7-21-22)16-14-4-5-18-17(14)20-10-19-16/h2-8,10,23H,9H2,1H3,(H,18,19,20). The van der Waals surface area contributed by atoms with Crippen molar-refractivity contribution in [2.45, 2.75) is 13.5 Å². The highest BCUT2D eigenvalue weighted by Gasteiger charge is 2.11. The van der Waals surface area contributed by atoms with Gasteiger partial charge in [0.1, 0.15) is 12.0 Å². The zero-order valence-electron chi connectivity index (χ0n) is 12.6. The predicted octanol–water partition coefficient (Wildman–Crippen LogP) is 2.61. The van der Waals surface area contributed by atoms with E-state index in [-0.39, 0.29) is 6.61 Å². The van der Waals surface area contributed by atoms with E-state index in [2.05, 4.69) is 20.1 Å². The lowest BCUT2D eigenvalue weighted by Gasteiger charge is -2.07. The van der Waals surface area contributed by atoms with Gasteiger partial charge in [0, 0.05) is 23.3 Å². The van der Waals surface area contributed by atoms with E-state index < -0.39 is 0 Å². The van der Waals surface area contributed by atoms with Gasteiger partial charge in [-0.05, 0) is 30.2 Å². The van der Waals surface area contributed by atoms with E-state index in [4.69, 9.17) is 0 Å². The molecule has 0 unspecified atom stereocenters. The SMILES string of the molecule is Cc1cc(CO)ccc1-n1cc(-c2ncnc3[nH]ccc23)cn1. The van der Waals surface area contributed by atoms with Crippen LogP contribution in [0.1, 0.15) is 11.1 Å². The van der Waals surface area contributed by atoms with Gasteiger partial charge in [0.2, 0.25) is 0 Å². The Morgan fingerprint density at radius 3 is 2.96 bits per heavy atom. The van der Waals surface area contributed by atoms with E-state index >= 15 is 0 Å². The number of nitrogens with one attached hydrogen (secondary N) is 1. The van der Waals surface area contributed by atoms with Crippen molar-refractivity contribution in [2.75, 3.05) is 0 Å². The number of nitrogens with zero attached hydrogens (tertiary/aromatic N) is 4. The molecule has 0 radical (unpaired) electrons. The molecule has 0 saturated heterocycles. The molecule has 0 aliphatic rings. The Balaban J connectivity index is 1.79. The Morgan fingerprint density at radius 1 is 1.22 bits per heavy atom. The number of aromatic nitrogens is 5. The first kappa shape index (κ1) is 13.7. The summed E-state index contributed by atoms with van der Waals surface area (Å²) >= 11 is 0. The first-order valence-corrected chi connectivity index (χ1v) is 7.30. The first-order valence-electron chi connectivity index (χ1n) is 7.30. The Hall–Kier alpha value is -2.99. The number of benzene rings is 1. The maximum atomic E-state index is 9.22. The van der Waals surface area contributed by atoms with E-state index in [0.717, 1.165) is 39.1 Å². The van der Waals surface area contributed by atoms with Crippen LogP contribution in [0, 0.1) is 6.92 Å². The number of aliphatic hydroxyl groups is 1. The number of H-pyrrole nitrogens is 1. The number of rotatable bonds is 3. The Kier molecular flexibility index (Phi) is 3.17. The number of aromatic amines is 1. The monoisotopic (exact) mass is 305 g/mol. The largest absolute Gasteiger partial charge is 0.392 e. The lowest BCUT2D eigenvalue weighted by Crippen LogP contribution is -1.98. The molecule has 3 heterocycles. The van der Waals surface area contributed by atoms with Crippen LogP contribution in [-0.4, -0.2) is 29.8 Å². The molecule has 23 heavy (non-hydrogen) atoms. The van der Waals surface area contributed by atoms with E-state index in [1.165, 1.54) is 0 Å². The van der Waals surface area contributed by atoms with Crippen LogP contribution in [0.4, 0.5) is 0 Å². The average molecular weight is 305 g/mol. The number of fused-ring (bicyclic) bond motifs is 1. The van der Waals surface area contributed by atoms with Crippen LogP contribution in [0.5, 0.6) is 0 Å². The van der Waals surface area contributed by atoms with Crippen molar-refractivity contribution in [3.8, 4) is 16.9 Å². The number of hydrogen-bond acceptors (Lipinski definition) is 4. The van der Waals surface area contributed by atoms with Crippen molar-refractivity contribution in [3.05, 3.63) is 60.3 Å². The zero-order chi connectivity index (χ0) is 15.8. The van der Waals surface area contributed by atoms with Crippen LogP contribution in [0.3, 0.4) is 0 Å². The van der Waals surface area contributed by atoms with Gasteiger partial charge in [0.15, 0.2) is 0 Å². The van der Waals surface area contributed by atoms with Crippen molar-refractivity contribution >= 4 is 11.0 Å². The summed E-state index contributed by atoms with van der Waals surface area (Å²) in [5.74, 6) is 0. The molecule has 0 saturated carbocycles. The summed E-state index contributed by atoms with van der Waals surface area (Å²) in [7, 11) is 0. The van der Waals surface area contributed by atoms with Gasteiger partial charge in [0.25, 0.3) is 0 Å². The summed E-state index contributed by atoms with van der Waals surface area (Å²) < 4.78 is 1.83. The molecule has 0 aliphatic heterocycles. The summed E-state index contributed by atoms with van der Waals surface area (Å²) in [4.78, 5) is 11.7. The molecular weight excluding hydrogens is 290 g/mol. The number of aryl methyl sites for hydroxylation is 1. The lowest BCUT2D eigenvalue weighted by atomic mass is 10.1. The van der Waals surface area contributed by atoms with Crippen molar-refractivity contribution in [3.63, 3.8) is 0 Å². The number of hydrogen-bond donors (Lipinski definition) is 2. The molecule has 0 amide bonds. The molecule has 6 nitrogen and oxygen atoms in total. The van der Waals surface area contributed by atoms with E-state index in [0.29, 0.717) is 0 Å². The summed E-state index contributed by atoms with van der Waals surface area (Å²) in [5, 5.41) is 14.6. The minimum atomic E-state index is 0.0396. The molecule has 4 rings (SSSR count).